The van der Waals surface area contributed by atoms with Crippen LogP contribution in [-0.2, 0) is 35.4 Å². The average Bonchev–Trinajstić information content (AvgIpc) is 3.39. The van der Waals surface area contributed by atoms with Crippen molar-refractivity contribution in [3.8, 4) is 0 Å². The van der Waals surface area contributed by atoms with Gasteiger partial charge < -0.3 is 19.7 Å². The van der Waals surface area contributed by atoms with Crippen molar-refractivity contribution in [3.05, 3.63) is 70.3 Å². The maximum Gasteiger partial charge on any atom is 0.0900 e. The van der Waals surface area contributed by atoms with Crippen LogP contribution >= 0.6 is 0 Å². The Labute approximate surface area is 253 Å². The van der Waals surface area contributed by atoms with Crippen LogP contribution in [-0.4, -0.2) is 83.8 Å². The molecule has 0 saturated heterocycles. The number of hydrogen-bond donors (Lipinski definition) is 2. The monoisotopic (exact) mass is 576 g/mol. The lowest BCUT2D eigenvalue weighted by Gasteiger charge is -2.31. The molecule has 2 fully saturated rings. The third-order valence-electron chi connectivity index (χ3n) is 10.3. The highest BCUT2D eigenvalue weighted by molar-refractivity contribution is 5.36. The summed E-state index contributed by atoms with van der Waals surface area (Å²) in [6.45, 7) is 8.32. The first-order chi connectivity index (χ1) is 20.5. The Morgan fingerprint density at radius 3 is 2.14 bits per heavy atom. The largest absolute Gasteiger partial charge is 0.389 e. The predicted molar refractivity (Wildman–Crippen MR) is 167 cm³/mol. The van der Waals surface area contributed by atoms with E-state index < -0.39 is 12.2 Å². The number of rotatable bonds is 11. The zero-order valence-corrected chi connectivity index (χ0v) is 25.6. The molecule has 0 bridgehead atoms. The van der Waals surface area contributed by atoms with Crippen molar-refractivity contribution in [2.45, 2.75) is 108 Å². The molecular weight excluding hydrogens is 524 g/mol. The molecule has 6 rings (SSSR count). The van der Waals surface area contributed by atoms with E-state index in [0.717, 1.165) is 64.7 Å². The smallest absolute Gasteiger partial charge is 0.0900 e. The van der Waals surface area contributed by atoms with Gasteiger partial charge in [0.2, 0.25) is 0 Å². The molecule has 2 aromatic rings. The lowest BCUT2D eigenvalue weighted by atomic mass is 9.90. The second-order valence-electron chi connectivity index (χ2n) is 13.7. The Bertz CT molecular complexity index is 1150. The third kappa shape index (κ3) is 7.82. The van der Waals surface area contributed by atoms with Gasteiger partial charge in [-0.3, -0.25) is 9.80 Å². The van der Waals surface area contributed by atoms with E-state index in [-0.39, 0.29) is 6.10 Å². The summed E-state index contributed by atoms with van der Waals surface area (Å²) >= 11 is 0. The first-order valence-corrected chi connectivity index (χ1v) is 16.7. The van der Waals surface area contributed by atoms with E-state index >= 15 is 0 Å². The van der Waals surface area contributed by atoms with E-state index in [1.54, 1.807) is 0 Å². The third-order valence-corrected chi connectivity index (χ3v) is 10.3. The molecule has 0 amide bonds. The van der Waals surface area contributed by atoms with Crippen molar-refractivity contribution in [1.29, 1.82) is 0 Å². The van der Waals surface area contributed by atoms with Crippen LogP contribution in [0.3, 0.4) is 0 Å². The number of nitrogens with zero attached hydrogens (tertiary/aromatic N) is 2. The molecule has 0 radical (unpaired) electrons. The van der Waals surface area contributed by atoms with Gasteiger partial charge >= 0.3 is 0 Å². The summed E-state index contributed by atoms with van der Waals surface area (Å²) in [5.74, 6) is 0.979. The van der Waals surface area contributed by atoms with E-state index in [9.17, 15) is 10.2 Å². The fraction of sp³-hybridized carbons (Fsp3) is 0.667. The number of aliphatic hydroxyl groups is 2. The highest BCUT2D eigenvalue weighted by Gasteiger charge is 2.34. The molecule has 6 heteroatoms. The summed E-state index contributed by atoms with van der Waals surface area (Å²) in [6.07, 6.45) is 10.0. The zero-order chi connectivity index (χ0) is 28.9. The van der Waals surface area contributed by atoms with Gasteiger partial charge in [-0.1, -0.05) is 68.7 Å². The highest BCUT2D eigenvalue weighted by atomic mass is 16.5. The molecule has 2 heterocycles. The fourth-order valence-corrected chi connectivity index (χ4v) is 7.88. The van der Waals surface area contributed by atoms with Gasteiger partial charge in [0.15, 0.2) is 0 Å². The number of β-amino-alcohol motifs (C(OH)–C–C–N with tert-alkyl or cyclic N) is 2. The minimum Gasteiger partial charge on any atom is -0.389 e. The second kappa shape index (κ2) is 14.3. The molecule has 0 aromatic heterocycles. The standard InChI is InChI=1S/C36H52N2O4/c1-26-17-31(19-36(26)42-25-34(40)23-37-15-13-27-7-5-6-8-30(27)20-37)29-12-11-28-14-16-38(21-32(28)18-29)22-33(39)24-41-35-9-3-2-4-10-35/h5-8,11-12,18,26,31,33-36,39-40H,2-4,9-10,13-17,19-25H2,1H3. The number of ether oxygens (including phenoxy) is 2. The highest BCUT2D eigenvalue weighted by Crippen LogP contribution is 2.41. The van der Waals surface area contributed by atoms with Crippen molar-refractivity contribution in [2.24, 2.45) is 5.92 Å². The molecule has 230 valence electrons. The zero-order valence-electron chi connectivity index (χ0n) is 25.6. The van der Waals surface area contributed by atoms with Crippen molar-refractivity contribution >= 4 is 0 Å². The molecular formula is C36H52N2O4. The Morgan fingerprint density at radius 1 is 0.762 bits per heavy atom. The van der Waals surface area contributed by atoms with Gasteiger partial charge in [0, 0.05) is 39.3 Å². The van der Waals surface area contributed by atoms with Crippen molar-refractivity contribution in [1.82, 2.24) is 9.80 Å². The second-order valence-corrected chi connectivity index (χ2v) is 13.7. The van der Waals surface area contributed by atoms with Crippen LogP contribution in [0.2, 0.25) is 0 Å². The predicted octanol–water partition coefficient (Wildman–Crippen LogP) is 5.07. The average molecular weight is 577 g/mol. The molecule has 5 unspecified atom stereocenters. The van der Waals surface area contributed by atoms with Crippen LogP contribution in [0.4, 0.5) is 0 Å². The maximum absolute atomic E-state index is 10.8. The van der Waals surface area contributed by atoms with E-state index in [1.165, 1.54) is 47.1 Å². The summed E-state index contributed by atoms with van der Waals surface area (Å²) in [5, 5.41) is 21.5. The minimum atomic E-state index is -0.459. The summed E-state index contributed by atoms with van der Waals surface area (Å²) in [7, 11) is 0. The van der Waals surface area contributed by atoms with E-state index in [4.69, 9.17) is 9.47 Å². The van der Waals surface area contributed by atoms with Crippen LogP contribution in [0.1, 0.15) is 85.6 Å². The van der Waals surface area contributed by atoms with Crippen molar-refractivity contribution in [2.75, 3.05) is 39.4 Å². The van der Waals surface area contributed by atoms with Gasteiger partial charge in [-0.2, -0.15) is 0 Å². The van der Waals surface area contributed by atoms with Gasteiger partial charge in [0.25, 0.3) is 0 Å². The topological polar surface area (TPSA) is 65.4 Å². The Kier molecular flexibility index (Phi) is 10.3. The number of aliphatic hydroxyl groups excluding tert-OH is 2. The number of benzene rings is 2. The van der Waals surface area contributed by atoms with E-state index in [0.29, 0.717) is 44.2 Å². The minimum absolute atomic E-state index is 0.193. The molecule has 6 nitrogen and oxygen atoms in total. The van der Waals surface area contributed by atoms with Gasteiger partial charge in [-0.05, 0) is 78.2 Å². The normalized spacial score (nSPS) is 27.0. The molecule has 2 N–H and O–H groups in total. The molecule has 4 aliphatic rings. The van der Waals surface area contributed by atoms with Crippen LogP contribution in [0.5, 0.6) is 0 Å². The molecule has 2 saturated carbocycles. The van der Waals surface area contributed by atoms with Crippen molar-refractivity contribution in [3.63, 3.8) is 0 Å². The van der Waals surface area contributed by atoms with Crippen LogP contribution in [0.25, 0.3) is 0 Å². The SMILES string of the molecule is CC1CC(c2ccc3c(c2)CN(CC(O)COC2CCCCC2)CC3)CC1OCC(O)CN1CCc2ccccc2C1. The number of fused-ring (bicyclic) bond motifs is 2. The molecule has 2 aliphatic carbocycles. The van der Waals surface area contributed by atoms with Gasteiger partial charge in [0.05, 0.1) is 37.6 Å². The molecule has 5 atom stereocenters. The van der Waals surface area contributed by atoms with Crippen molar-refractivity contribution < 1.29 is 19.7 Å². The van der Waals surface area contributed by atoms with Crippen LogP contribution in [0.15, 0.2) is 42.5 Å². The Hall–Kier alpha value is -1.80. The van der Waals surface area contributed by atoms with Gasteiger partial charge in [-0.15, -0.1) is 0 Å². The lowest BCUT2D eigenvalue weighted by molar-refractivity contribution is -0.0344. The summed E-state index contributed by atoms with van der Waals surface area (Å²) < 4.78 is 12.4. The lowest BCUT2D eigenvalue weighted by Crippen LogP contribution is -2.39. The van der Waals surface area contributed by atoms with Gasteiger partial charge in [-0.25, -0.2) is 0 Å². The molecule has 0 spiro atoms. The molecule has 2 aliphatic heterocycles. The van der Waals surface area contributed by atoms with Crippen LogP contribution < -0.4 is 0 Å². The fourth-order valence-electron chi connectivity index (χ4n) is 7.88. The summed E-state index contributed by atoms with van der Waals surface area (Å²) in [6, 6.07) is 15.8. The summed E-state index contributed by atoms with van der Waals surface area (Å²) in [4.78, 5) is 4.75. The first-order valence-electron chi connectivity index (χ1n) is 16.7. The molecule has 42 heavy (non-hydrogen) atoms. The first kappa shape index (κ1) is 30.2. The molecule has 2 aromatic carbocycles. The maximum atomic E-state index is 10.8. The van der Waals surface area contributed by atoms with E-state index in [1.807, 2.05) is 0 Å². The number of hydrogen-bond acceptors (Lipinski definition) is 6. The van der Waals surface area contributed by atoms with E-state index in [2.05, 4.69) is 59.2 Å². The Balaban J connectivity index is 0.957. The van der Waals surface area contributed by atoms with Crippen LogP contribution in [0, 0.1) is 5.92 Å². The Morgan fingerprint density at radius 2 is 1.40 bits per heavy atom. The van der Waals surface area contributed by atoms with Gasteiger partial charge in [0.1, 0.15) is 0 Å². The quantitative estimate of drug-likeness (QED) is 0.389. The summed E-state index contributed by atoms with van der Waals surface area (Å²) in [5.41, 5.74) is 7.11.